The van der Waals surface area contributed by atoms with Crippen molar-refractivity contribution >= 4 is 17.2 Å². The Morgan fingerprint density at radius 1 is 1.24 bits per heavy atom. The van der Waals surface area contributed by atoms with Crippen LogP contribution in [-0.4, -0.2) is 37.0 Å². The van der Waals surface area contributed by atoms with E-state index >= 15 is 0 Å². The molecule has 0 bridgehead atoms. The molecule has 4 heteroatoms. The number of carbonyl (C=O) groups excluding carboxylic acids is 1. The zero-order valence-electron chi connectivity index (χ0n) is 9.92. The molecular weight excluding hydrogens is 232 g/mol. The second kappa shape index (κ2) is 4.78. The summed E-state index contributed by atoms with van der Waals surface area (Å²) in [4.78, 5) is 15.8. The molecule has 2 heterocycles. The summed E-state index contributed by atoms with van der Waals surface area (Å²) in [7, 11) is 0. The van der Waals surface area contributed by atoms with E-state index in [1.54, 1.807) is 11.3 Å². The Morgan fingerprint density at radius 2 is 2.00 bits per heavy atom. The van der Waals surface area contributed by atoms with Crippen LogP contribution in [0.1, 0.15) is 33.6 Å². The Balaban J connectivity index is 1.83. The Labute approximate surface area is 106 Å². The Hall–Kier alpha value is -0.870. The molecule has 2 aliphatic rings. The summed E-state index contributed by atoms with van der Waals surface area (Å²) >= 11 is 1.66. The van der Waals surface area contributed by atoms with E-state index in [4.69, 9.17) is 0 Å². The highest BCUT2D eigenvalue weighted by molar-refractivity contribution is 7.10. The van der Waals surface area contributed by atoms with Crippen molar-refractivity contribution in [2.75, 3.05) is 26.2 Å². The van der Waals surface area contributed by atoms with Gasteiger partial charge in [-0.3, -0.25) is 4.79 Å². The van der Waals surface area contributed by atoms with Crippen LogP contribution in [0.3, 0.4) is 0 Å². The molecule has 1 aromatic heterocycles. The third kappa shape index (κ3) is 2.11. The lowest BCUT2D eigenvalue weighted by Gasteiger charge is -2.27. The van der Waals surface area contributed by atoms with Gasteiger partial charge in [0, 0.05) is 31.1 Å². The number of fused-ring (bicyclic) bond motifs is 1. The molecule has 1 fully saturated rings. The molecule has 0 spiro atoms. The molecular formula is C13H17N2OS. The zero-order chi connectivity index (χ0) is 11.7. The third-order valence-electron chi connectivity index (χ3n) is 3.61. The molecule has 1 aromatic rings. The van der Waals surface area contributed by atoms with Crippen LogP contribution in [0.15, 0.2) is 0 Å². The average molecular weight is 249 g/mol. The van der Waals surface area contributed by atoms with Gasteiger partial charge in [-0.15, -0.1) is 11.3 Å². The summed E-state index contributed by atoms with van der Waals surface area (Å²) in [6.07, 6.45) is 4.70. The largest absolute Gasteiger partial charge is 0.336 e. The lowest BCUT2D eigenvalue weighted by molar-refractivity contribution is 0.0734. The minimum absolute atomic E-state index is 0.200. The smallest absolute Gasteiger partial charge is 0.255 e. The lowest BCUT2D eigenvalue weighted by atomic mass is 9.95. The zero-order valence-corrected chi connectivity index (χ0v) is 10.7. The summed E-state index contributed by atoms with van der Waals surface area (Å²) in [5.74, 6) is 0.200. The summed E-state index contributed by atoms with van der Waals surface area (Å²) in [6.45, 7) is 3.49. The average Bonchev–Trinajstić information content (AvgIpc) is 2.83. The van der Waals surface area contributed by atoms with Gasteiger partial charge < -0.3 is 10.2 Å². The van der Waals surface area contributed by atoms with E-state index in [0.29, 0.717) is 0 Å². The van der Waals surface area contributed by atoms with Crippen LogP contribution in [0.5, 0.6) is 0 Å². The van der Waals surface area contributed by atoms with Crippen LogP contribution in [-0.2, 0) is 12.8 Å². The number of amides is 1. The maximum Gasteiger partial charge on any atom is 0.255 e. The van der Waals surface area contributed by atoms with Crippen molar-refractivity contribution in [1.29, 1.82) is 0 Å². The second-order valence-electron chi connectivity index (χ2n) is 4.73. The van der Waals surface area contributed by atoms with Gasteiger partial charge in [0.1, 0.15) is 0 Å². The summed E-state index contributed by atoms with van der Waals surface area (Å²) in [5, 5.41) is 6.52. The number of piperazine rings is 1. The molecule has 1 aliphatic heterocycles. The normalized spacial score (nSPS) is 20.1. The standard InChI is InChI=1S/C13H17N2OS/c16-13(15-7-5-14-6-8-15)11-9-17-12-4-2-1-3-10(11)12/h14H,1-8H2. The number of hydrogen-bond acceptors (Lipinski definition) is 3. The Morgan fingerprint density at radius 3 is 2.82 bits per heavy atom. The van der Waals surface area contributed by atoms with Crippen molar-refractivity contribution in [3.05, 3.63) is 21.4 Å². The first-order valence-corrected chi connectivity index (χ1v) is 7.20. The van der Waals surface area contributed by atoms with Crippen molar-refractivity contribution in [2.24, 2.45) is 0 Å². The van der Waals surface area contributed by atoms with Crippen LogP contribution in [0.4, 0.5) is 0 Å². The topological polar surface area (TPSA) is 32.3 Å². The van der Waals surface area contributed by atoms with E-state index in [9.17, 15) is 4.79 Å². The van der Waals surface area contributed by atoms with E-state index in [2.05, 4.69) is 10.7 Å². The minimum Gasteiger partial charge on any atom is -0.336 e. The van der Waals surface area contributed by atoms with E-state index in [1.165, 1.54) is 23.3 Å². The molecule has 0 unspecified atom stereocenters. The molecule has 3 nitrogen and oxygen atoms in total. The van der Waals surface area contributed by atoms with Gasteiger partial charge in [-0.05, 0) is 31.2 Å². The van der Waals surface area contributed by atoms with E-state index in [1.807, 2.05) is 4.90 Å². The minimum atomic E-state index is 0.200. The second-order valence-corrected chi connectivity index (χ2v) is 5.63. The number of thiophene rings is 1. The summed E-state index contributed by atoms with van der Waals surface area (Å²) < 4.78 is 0. The maximum atomic E-state index is 12.4. The number of rotatable bonds is 1. The molecule has 0 atom stereocenters. The first-order valence-electron chi connectivity index (χ1n) is 6.38. The van der Waals surface area contributed by atoms with Gasteiger partial charge in [-0.2, -0.15) is 0 Å². The quantitative estimate of drug-likeness (QED) is 0.817. The van der Waals surface area contributed by atoms with Gasteiger partial charge in [0.25, 0.3) is 5.91 Å². The highest BCUT2D eigenvalue weighted by Gasteiger charge is 2.24. The highest BCUT2D eigenvalue weighted by Crippen LogP contribution is 2.30. The van der Waals surface area contributed by atoms with Gasteiger partial charge in [-0.1, -0.05) is 0 Å². The monoisotopic (exact) mass is 249 g/mol. The van der Waals surface area contributed by atoms with Crippen LogP contribution in [0.25, 0.3) is 0 Å². The van der Waals surface area contributed by atoms with E-state index in [0.717, 1.165) is 44.6 Å². The Kier molecular flexibility index (Phi) is 3.16. The van der Waals surface area contributed by atoms with Gasteiger partial charge in [0.05, 0.1) is 10.9 Å². The van der Waals surface area contributed by atoms with Crippen molar-refractivity contribution in [2.45, 2.75) is 25.7 Å². The van der Waals surface area contributed by atoms with Crippen molar-refractivity contribution in [1.82, 2.24) is 10.2 Å². The number of hydrogen-bond donors (Lipinski definition) is 1. The number of aryl methyl sites for hydroxylation is 1. The number of nitrogens with zero attached hydrogens (tertiary/aromatic N) is 1. The molecule has 17 heavy (non-hydrogen) atoms. The van der Waals surface area contributed by atoms with Crippen LogP contribution >= 0.6 is 11.3 Å². The van der Waals surface area contributed by atoms with Crippen LogP contribution in [0, 0.1) is 5.38 Å². The molecule has 1 saturated heterocycles. The van der Waals surface area contributed by atoms with Gasteiger partial charge >= 0.3 is 0 Å². The first kappa shape index (κ1) is 11.2. The number of nitrogens with one attached hydrogen (secondary N) is 1. The molecule has 1 aliphatic carbocycles. The van der Waals surface area contributed by atoms with Gasteiger partial charge in [0.2, 0.25) is 0 Å². The van der Waals surface area contributed by atoms with Gasteiger partial charge in [0.15, 0.2) is 0 Å². The predicted octanol–water partition coefficient (Wildman–Crippen LogP) is 1.47. The maximum absolute atomic E-state index is 12.4. The molecule has 1 N–H and O–H groups in total. The molecule has 91 valence electrons. The fourth-order valence-electron chi connectivity index (χ4n) is 2.63. The van der Waals surface area contributed by atoms with Crippen LogP contribution < -0.4 is 5.32 Å². The third-order valence-corrected chi connectivity index (χ3v) is 4.62. The molecule has 1 radical (unpaired) electrons. The Bertz CT molecular complexity index is 421. The van der Waals surface area contributed by atoms with Crippen molar-refractivity contribution in [3.63, 3.8) is 0 Å². The van der Waals surface area contributed by atoms with Crippen molar-refractivity contribution in [3.8, 4) is 0 Å². The molecule has 0 saturated carbocycles. The number of carbonyl (C=O) groups is 1. The summed E-state index contributed by atoms with van der Waals surface area (Å²) in [6, 6.07) is 0. The van der Waals surface area contributed by atoms with Crippen molar-refractivity contribution < 1.29 is 4.79 Å². The van der Waals surface area contributed by atoms with E-state index in [-0.39, 0.29) is 5.91 Å². The molecule has 0 aromatic carbocycles. The van der Waals surface area contributed by atoms with Gasteiger partial charge in [-0.25, -0.2) is 0 Å². The molecule has 3 rings (SSSR count). The SMILES string of the molecule is O=C(c1[c]sc2c1CCCC2)N1CCNCC1. The highest BCUT2D eigenvalue weighted by atomic mass is 32.1. The predicted molar refractivity (Wildman–Crippen MR) is 68.6 cm³/mol. The first-order chi connectivity index (χ1) is 8.36. The fourth-order valence-corrected chi connectivity index (χ4v) is 3.64. The summed E-state index contributed by atoms with van der Waals surface area (Å²) in [5.41, 5.74) is 2.16. The molecule has 1 amide bonds. The lowest BCUT2D eigenvalue weighted by Crippen LogP contribution is -2.46. The van der Waals surface area contributed by atoms with E-state index < -0.39 is 0 Å². The van der Waals surface area contributed by atoms with Crippen LogP contribution in [0.2, 0.25) is 0 Å². The fraction of sp³-hybridized carbons (Fsp3) is 0.615.